The summed E-state index contributed by atoms with van der Waals surface area (Å²) in [7, 11) is 1.30. The molecule has 0 aliphatic rings. The molecular weight excluding hydrogens is 302 g/mol. The van der Waals surface area contributed by atoms with Crippen molar-refractivity contribution in [3.05, 3.63) is 35.4 Å². The molecule has 0 fully saturated rings. The van der Waals surface area contributed by atoms with Crippen molar-refractivity contribution in [2.24, 2.45) is 0 Å². The molecule has 1 aromatic rings. The molecule has 5 N–H and O–H groups in total. The van der Waals surface area contributed by atoms with Gasteiger partial charge in [-0.3, -0.25) is 19.6 Å². The molecule has 8 heteroatoms. The number of aliphatic hydroxyl groups is 1. The van der Waals surface area contributed by atoms with E-state index in [1.807, 2.05) is 0 Å². The Morgan fingerprint density at radius 1 is 1.17 bits per heavy atom. The van der Waals surface area contributed by atoms with Crippen molar-refractivity contribution in [3.8, 4) is 11.8 Å². The highest BCUT2D eigenvalue weighted by atomic mass is 16.5. The Kier molecular flexibility index (Phi) is 7.26. The average Bonchev–Trinajstić information content (AvgIpc) is 2.59. The Morgan fingerprint density at radius 2 is 1.83 bits per heavy atom. The fourth-order valence-corrected chi connectivity index (χ4v) is 1.60. The van der Waals surface area contributed by atoms with E-state index >= 15 is 0 Å². The first-order chi connectivity index (χ1) is 11.0. The van der Waals surface area contributed by atoms with E-state index in [0.29, 0.717) is 12.0 Å². The van der Waals surface area contributed by atoms with Crippen molar-refractivity contribution in [3.63, 3.8) is 0 Å². The molecule has 0 saturated carbocycles. The lowest BCUT2D eigenvalue weighted by Crippen LogP contribution is -2.54. The molecule has 8 nitrogen and oxygen atoms in total. The number of likely N-dealkylation sites (N-methyl/N-ethyl adjacent to an activating group) is 1. The Morgan fingerprint density at radius 3 is 2.35 bits per heavy atom. The second-order valence-electron chi connectivity index (χ2n) is 4.35. The highest BCUT2D eigenvalue weighted by Gasteiger charge is 2.27. The van der Waals surface area contributed by atoms with Gasteiger partial charge in [0, 0.05) is 24.6 Å². The molecule has 1 rings (SSSR count). The lowest BCUT2D eigenvalue weighted by Gasteiger charge is -2.15. The molecule has 0 bridgehead atoms. The smallest absolute Gasteiger partial charge is 0.275 e. The lowest BCUT2D eigenvalue weighted by atomic mass is 10.1. The second-order valence-corrected chi connectivity index (χ2v) is 4.35. The van der Waals surface area contributed by atoms with Gasteiger partial charge < -0.3 is 15.7 Å². The zero-order valence-corrected chi connectivity index (χ0v) is 12.4. The topological polar surface area (TPSA) is 128 Å². The molecule has 122 valence electrons. The van der Waals surface area contributed by atoms with Gasteiger partial charge in [0.05, 0.1) is 6.61 Å². The van der Waals surface area contributed by atoms with E-state index in [-0.39, 0.29) is 12.2 Å². The Labute approximate surface area is 132 Å². The summed E-state index contributed by atoms with van der Waals surface area (Å²) in [6, 6.07) is 4.61. The Balaban J connectivity index is 2.82. The monoisotopic (exact) mass is 319 g/mol. The highest BCUT2D eigenvalue weighted by molar-refractivity contribution is 6.08. The third kappa shape index (κ3) is 5.43. The highest BCUT2D eigenvalue weighted by Crippen LogP contribution is 2.04. The molecule has 1 atom stereocenters. The Hall–Kier alpha value is -2.89. The quantitative estimate of drug-likeness (QED) is 0.201. The number of hydrogen-bond donors (Lipinski definition) is 5. The number of aliphatic hydroxyl groups excluding tert-OH is 1. The maximum atomic E-state index is 12.0. The molecule has 0 radical (unpaired) electrons. The first kappa shape index (κ1) is 18.2. The van der Waals surface area contributed by atoms with E-state index < -0.39 is 23.8 Å². The molecule has 3 amide bonds. The Bertz CT molecular complexity index is 615. The summed E-state index contributed by atoms with van der Waals surface area (Å²) in [4.78, 5) is 35.0. The largest absolute Gasteiger partial charge is 0.395 e. The summed E-state index contributed by atoms with van der Waals surface area (Å²) < 4.78 is 0. The van der Waals surface area contributed by atoms with Crippen LogP contribution in [0.4, 0.5) is 0 Å². The summed E-state index contributed by atoms with van der Waals surface area (Å²) >= 11 is 0. The number of nitrogens with one attached hydrogen (secondary N) is 3. The SMILES string of the molecule is CNC(=O)C(NC(=O)c1ccc(C#CCCO)cc1)C(=O)NO. The summed E-state index contributed by atoms with van der Waals surface area (Å²) in [5.41, 5.74) is 2.20. The number of hydroxylamine groups is 1. The van der Waals surface area contributed by atoms with Gasteiger partial charge >= 0.3 is 0 Å². The van der Waals surface area contributed by atoms with Crippen LogP contribution in [-0.2, 0) is 9.59 Å². The zero-order valence-electron chi connectivity index (χ0n) is 12.4. The third-order valence-electron chi connectivity index (χ3n) is 2.77. The van der Waals surface area contributed by atoms with Crippen molar-refractivity contribution in [2.75, 3.05) is 13.7 Å². The maximum absolute atomic E-state index is 12.0. The number of carbonyl (C=O) groups excluding carboxylic acids is 3. The molecule has 0 aliphatic heterocycles. The molecule has 0 spiro atoms. The van der Waals surface area contributed by atoms with Crippen molar-refractivity contribution in [1.82, 2.24) is 16.1 Å². The van der Waals surface area contributed by atoms with Crippen LogP contribution in [0.25, 0.3) is 0 Å². The molecular formula is C15H17N3O5. The minimum atomic E-state index is -1.55. The number of rotatable bonds is 5. The minimum Gasteiger partial charge on any atom is -0.395 e. The van der Waals surface area contributed by atoms with Gasteiger partial charge in [0.2, 0.25) is 0 Å². The summed E-state index contributed by atoms with van der Waals surface area (Å²) in [5, 5.41) is 21.7. The molecule has 0 heterocycles. The van der Waals surface area contributed by atoms with Crippen LogP contribution in [0.3, 0.4) is 0 Å². The van der Waals surface area contributed by atoms with Crippen LogP contribution in [0.5, 0.6) is 0 Å². The molecule has 0 aromatic heterocycles. The number of carbonyl (C=O) groups is 3. The summed E-state index contributed by atoms with van der Waals surface area (Å²) in [5.74, 6) is 3.07. The number of benzene rings is 1. The van der Waals surface area contributed by atoms with Crippen LogP contribution in [0, 0.1) is 11.8 Å². The van der Waals surface area contributed by atoms with Crippen LogP contribution in [-0.4, -0.2) is 47.7 Å². The van der Waals surface area contributed by atoms with Gasteiger partial charge in [0.1, 0.15) is 0 Å². The predicted octanol–water partition coefficient (Wildman–Crippen LogP) is -1.23. The molecule has 0 saturated heterocycles. The normalized spacial score (nSPS) is 10.7. The van der Waals surface area contributed by atoms with E-state index in [1.54, 1.807) is 12.1 Å². The molecule has 1 unspecified atom stereocenters. The van der Waals surface area contributed by atoms with Crippen LogP contribution < -0.4 is 16.1 Å². The summed E-state index contributed by atoms with van der Waals surface area (Å²) in [6.07, 6.45) is 0.353. The van der Waals surface area contributed by atoms with Gasteiger partial charge in [-0.15, -0.1) is 0 Å². The average molecular weight is 319 g/mol. The van der Waals surface area contributed by atoms with E-state index in [4.69, 9.17) is 10.3 Å². The number of amides is 3. The van der Waals surface area contributed by atoms with Gasteiger partial charge in [0.25, 0.3) is 17.7 Å². The number of hydrogen-bond acceptors (Lipinski definition) is 5. The maximum Gasteiger partial charge on any atom is 0.275 e. The predicted molar refractivity (Wildman–Crippen MR) is 80.3 cm³/mol. The van der Waals surface area contributed by atoms with Crippen LogP contribution >= 0.6 is 0 Å². The summed E-state index contributed by atoms with van der Waals surface area (Å²) in [6.45, 7) is -0.0265. The molecule has 23 heavy (non-hydrogen) atoms. The van der Waals surface area contributed by atoms with Gasteiger partial charge in [-0.05, 0) is 24.3 Å². The fourth-order valence-electron chi connectivity index (χ4n) is 1.60. The second kappa shape index (κ2) is 9.19. The van der Waals surface area contributed by atoms with E-state index in [9.17, 15) is 14.4 Å². The minimum absolute atomic E-state index is 0.0265. The first-order valence-corrected chi connectivity index (χ1v) is 6.69. The first-order valence-electron chi connectivity index (χ1n) is 6.69. The van der Waals surface area contributed by atoms with Crippen molar-refractivity contribution >= 4 is 17.7 Å². The van der Waals surface area contributed by atoms with Gasteiger partial charge in [-0.2, -0.15) is 0 Å². The molecule has 0 aliphatic carbocycles. The molecule has 1 aromatic carbocycles. The van der Waals surface area contributed by atoms with Gasteiger partial charge in [0.15, 0.2) is 6.04 Å². The van der Waals surface area contributed by atoms with E-state index in [2.05, 4.69) is 22.5 Å². The van der Waals surface area contributed by atoms with Crippen LogP contribution in [0.2, 0.25) is 0 Å². The van der Waals surface area contributed by atoms with Crippen molar-refractivity contribution in [2.45, 2.75) is 12.5 Å². The standard InChI is InChI=1S/C15H17N3O5/c1-16-14(21)12(15(22)18-23)17-13(20)11-7-5-10(6-8-11)4-2-3-9-19/h5-8,12,19,23H,3,9H2,1H3,(H,16,21)(H,17,20)(H,18,22). The van der Waals surface area contributed by atoms with Crippen molar-refractivity contribution < 1.29 is 24.7 Å². The van der Waals surface area contributed by atoms with Crippen molar-refractivity contribution in [1.29, 1.82) is 0 Å². The van der Waals surface area contributed by atoms with Gasteiger partial charge in [-0.1, -0.05) is 11.8 Å². The zero-order chi connectivity index (χ0) is 17.2. The fraction of sp³-hybridized carbons (Fsp3) is 0.267. The lowest BCUT2D eigenvalue weighted by molar-refractivity contribution is -0.137. The third-order valence-corrected chi connectivity index (χ3v) is 2.77. The van der Waals surface area contributed by atoms with E-state index in [0.717, 1.165) is 0 Å². The van der Waals surface area contributed by atoms with Crippen LogP contribution in [0.1, 0.15) is 22.3 Å². The van der Waals surface area contributed by atoms with Gasteiger partial charge in [-0.25, -0.2) is 5.48 Å². The van der Waals surface area contributed by atoms with E-state index in [1.165, 1.54) is 24.7 Å². The van der Waals surface area contributed by atoms with Crippen LogP contribution in [0.15, 0.2) is 24.3 Å².